The standard InChI is InChI=1S/C15H21NO.C4H4O4/c1-16-9-14(17)15-12-6-2-4-10(12)8-11-5-3-7-13(11)15;5-3(6)1-2-4(7)8/h8,14,16-17H,2-7,9H2,1H3;1-2H,(H,5,6)(H,7,8)/b;2-1-. The molecular formula is C19H25NO5. The van der Waals surface area contributed by atoms with E-state index in [4.69, 9.17) is 10.2 Å². The number of aliphatic hydroxyl groups excluding tert-OH is 1. The Hall–Kier alpha value is -2.18. The number of aryl methyl sites for hydroxylation is 2. The van der Waals surface area contributed by atoms with Gasteiger partial charge < -0.3 is 20.6 Å². The molecule has 6 heteroatoms. The van der Waals surface area contributed by atoms with E-state index in [2.05, 4.69) is 11.4 Å². The first kappa shape index (κ1) is 19.1. The summed E-state index contributed by atoms with van der Waals surface area (Å²) in [6.07, 6.45) is 8.07. The second-order valence-electron chi connectivity index (χ2n) is 6.36. The van der Waals surface area contributed by atoms with Gasteiger partial charge in [-0.1, -0.05) is 6.07 Å². The minimum absolute atomic E-state index is 0.320. The van der Waals surface area contributed by atoms with Crippen LogP contribution < -0.4 is 5.32 Å². The Bertz CT molecular complexity index is 633. The van der Waals surface area contributed by atoms with Crippen LogP contribution in [-0.4, -0.2) is 40.9 Å². The SMILES string of the molecule is CNCC(O)c1c2c(cc3c1CCC3)CCC2.O=C(O)/C=C\C(=O)O. The first-order valence-corrected chi connectivity index (χ1v) is 8.57. The van der Waals surface area contributed by atoms with E-state index in [1.165, 1.54) is 66.3 Å². The molecule has 0 radical (unpaired) electrons. The number of carboxylic acid groups (broad SMARTS) is 2. The number of fused-ring (bicyclic) bond motifs is 2. The number of hydrogen-bond donors (Lipinski definition) is 4. The highest BCUT2D eigenvalue weighted by Crippen LogP contribution is 2.37. The monoisotopic (exact) mass is 347 g/mol. The minimum Gasteiger partial charge on any atom is -0.478 e. The van der Waals surface area contributed by atoms with Crippen molar-refractivity contribution in [3.05, 3.63) is 46.0 Å². The molecule has 1 aromatic carbocycles. The molecule has 0 aromatic heterocycles. The molecule has 0 heterocycles. The number of carboxylic acids is 2. The largest absolute Gasteiger partial charge is 0.478 e. The van der Waals surface area contributed by atoms with Gasteiger partial charge in [-0.15, -0.1) is 0 Å². The third-order valence-corrected chi connectivity index (χ3v) is 4.62. The third kappa shape index (κ3) is 4.90. The Balaban J connectivity index is 0.000000242. The Kier molecular flexibility index (Phi) is 6.73. The topological polar surface area (TPSA) is 107 Å². The molecule has 3 rings (SSSR count). The number of carbonyl (C=O) groups is 2. The van der Waals surface area contributed by atoms with Gasteiger partial charge >= 0.3 is 11.9 Å². The summed E-state index contributed by atoms with van der Waals surface area (Å²) in [5, 5.41) is 29.1. The molecule has 0 amide bonds. The molecule has 0 aliphatic heterocycles. The molecule has 2 aliphatic rings. The van der Waals surface area contributed by atoms with Crippen LogP contribution in [-0.2, 0) is 35.3 Å². The summed E-state index contributed by atoms with van der Waals surface area (Å²) in [5.74, 6) is -2.51. The number of rotatable bonds is 5. The fourth-order valence-electron chi connectivity index (χ4n) is 3.70. The molecule has 0 saturated heterocycles. The molecule has 136 valence electrons. The van der Waals surface area contributed by atoms with Gasteiger partial charge in [-0.3, -0.25) is 0 Å². The zero-order valence-corrected chi connectivity index (χ0v) is 14.4. The van der Waals surface area contributed by atoms with Crippen LogP contribution in [0.4, 0.5) is 0 Å². The summed E-state index contributed by atoms with van der Waals surface area (Å²) in [4.78, 5) is 19.1. The van der Waals surface area contributed by atoms with Crippen molar-refractivity contribution in [3.63, 3.8) is 0 Å². The van der Waals surface area contributed by atoms with Crippen molar-refractivity contribution in [2.24, 2.45) is 0 Å². The van der Waals surface area contributed by atoms with Crippen LogP contribution >= 0.6 is 0 Å². The Labute approximate surface area is 147 Å². The maximum atomic E-state index is 10.4. The molecule has 0 saturated carbocycles. The summed E-state index contributed by atoms with van der Waals surface area (Å²) < 4.78 is 0. The number of benzene rings is 1. The second kappa shape index (κ2) is 8.78. The average Bonchev–Trinajstić information content (AvgIpc) is 3.19. The normalized spacial score (nSPS) is 16.1. The first-order chi connectivity index (χ1) is 11.9. The van der Waals surface area contributed by atoms with Crippen molar-refractivity contribution in [1.29, 1.82) is 0 Å². The summed E-state index contributed by atoms with van der Waals surface area (Å²) in [6, 6.07) is 2.42. The van der Waals surface area contributed by atoms with E-state index in [1.54, 1.807) is 0 Å². The number of aliphatic carboxylic acids is 2. The Morgan fingerprint density at radius 2 is 1.52 bits per heavy atom. The number of aliphatic hydroxyl groups is 1. The second-order valence-corrected chi connectivity index (χ2v) is 6.36. The van der Waals surface area contributed by atoms with Crippen molar-refractivity contribution in [3.8, 4) is 0 Å². The lowest BCUT2D eigenvalue weighted by molar-refractivity contribution is -0.134. The molecular weight excluding hydrogens is 322 g/mol. The molecule has 1 atom stereocenters. The molecule has 0 bridgehead atoms. The Morgan fingerprint density at radius 1 is 1.04 bits per heavy atom. The van der Waals surface area contributed by atoms with Gasteiger partial charge in [-0.2, -0.15) is 0 Å². The maximum absolute atomic E-state index is 10.4. The van der Waals surface area contributed by atoms with Crippen LogP contribution in [0.2, 0.25) is 0 Å². The maximum Gasteiger partial charge on any atom is 0.328 e. The van der Waals surface area contributed by atoms with Gasteiger partial charge in [0.25, 0.3) is 0 Å². The van der Waals surface area contributed by atoms with Crippen molar-refractivity contribution in [1.82, 2.24) is 5.32 Å². The molecule has 1 unspecified atom stereocenters. The zero-order valence-electron chi connectivity index (χ0n) is 14.4. The quantitative estimate of drug-likeness (QED) is 0.603. The van der Waals surface area contributed by atoms with Gasteiger partial charge in [0.2, 0.25) is 0 Å². The summed E-state index contributed by atoms with van der Waals surface area (Å²) >= 11 is 0. The smallest absolute Gasteiger partial charge is 0.328 e. The highest BCUT2D eigenvalue weighted by molar-refractivity contribution is 5.89. The van der Waals surface area contributed by atoms with Gasteiger partial charge in [0.1, 0.15) is 0 Å². The lowest BCUT2D eigenvalue weighted by Crippen LogP contribution is -2.19. The molecule has 0 spiro atoms. The predicted molar refractivity (Wildman–Crippen MR) is 93.8 cm³/mol. The lowest BCUT2D eigenvalue weighted by atomic mass is 9.91. The fraction of sp³-hybridized carbons (Fsp3) is 0.474. The number of nitrogens with one attached hydrogen (secondary N) is 1. The molecule has 0 fully saturated rings. The minimum atomic E-state index is -1.26. The Morgan fingerprint density at radius 3 is 1.92 bits per heavy atom. The molecule has 4 N–H and O–H groups in total. The van der Waals surface area contributed by atoms with Crippen LogP contribution in [0.5, 0.6) is 0 Å². The van der Waals surface area contributed by atoms with Gasteiger partial charge in [0.15, 0.2) is 0 Å². The molecule has 6 nitrogen and oxygen atoms in total. The molecule has 1 aromatic rings. The van der Waals surface area contributed by atoms with Gasteiger partial charge in [-0.25, -0.2) is 9.59 Å². The van der Waals surface area contributed by atoms with E-state index in [0.717, 1.165) is 0 Å². The zero-order chi connectivity index (χ0) is 18.4. The third-order valence-electron chi connectivity index (χ3n) is 4.62. The number of hydrogen-bond acceptors (Lipinski definition) is 4. The van der Waals surface area contributed by atoms with E-state index in [9.17, 15) is 14.7 Å². The van der Waals surface area contributed by atoms with E-state index >= 15 is 0 Å². The predicted octanol–water partition coefficient (Wildman–Crippen LogP) is 1.63. The first-order valence-electron chi connectivity index (χ1n) is 8.57. The lowest BCUT2D eigenvalue weighted by Gasteiger charge is -2.19. The summed E-state index contributed by atoms with van der Waals surface area (Å²) in [6.45, 7) is 0.670. The fourth-order valence-corrected chi connectivity index (χ4v) is 3.70. The molecule has 25 heavy (non-hydrogen) atoms. The van der Waals surface area contributed by atoms with Crippen molar-refractivity contribution in [2.45, 2.75) is 44.6 Å². The highest BCUT2D eigenvalue weighted by atomic mass is 16.4. The van der Waals surface area contributed by atoms with Crippen LogP contribution in [0, 0.1) is 0 Å². The van der Waals surface area contributed by atoms with E-state index in [-0.39, 0.29) is 6.10 Å². The van der Waals surface area contributed by atoms with Crippen LogP contribution in [0.15, 0.2) is 18.2 Å². The van der Waals surface area contributed by atoms with E-state index < -0.39 is 11.9 Å². The van der Waals surface area contributed by atoms with Crippen LogP contribution in [0.1, 0.15) is 46.8 Å². The number of likely N-dealkylation sites (N-methyl/N-ethyl adjacent to an activating group) is 1. The van der Waals surface area contributed by atoms with Gasteiger partial charge in [0, 0.05) is 18.7 Å². The molecule has 2 aliphatic carbocycles. The van der Waals surface area contributed by atoms with E-state index in [0.29, 0.717) is 18.7 Å². The van der Waals surface area contributed by atoms with Crippen LogP contribution in [0.3, 0.4) is 0 Å². The average molecular weight is 347 g/mol. The van der Waals surface area contributed by atoms with Gasteiger partial charge in [0.05, 0.1) is 6.10 Å². The van der Waals surface area contributed by atoms with Crippen molar-refractivity contribution >= 4 is 11.9 Å². The highest BCUT2D eigenvalue weighted by Gasteiger charge is 2.26. The van der Waals surface area contributed by atoms with Gasteiger partial charge in [-0.05, 0) is 73.4 Å². The van der Waals surface area contributed by atoms with Crippen LogP contribution in [0.25, 0.3) is 0 Å². The van der Waals surface area contributed by atoms with Crippen molar-refractivity contribution in [2.75, 3.05) is 13.6 Å². The summed E-state index contributed by atoms with van der Waals surface area (Å²) in [7, 11) is 1.91. The summed E-state index contributed by atoms with van der Waals surface area (Å²) in [5.41, 5.74) is 7.23. The van der Waals surface area contributed by atoms with Crippen molar-refractivity contribution < 1.29 is 24.9 Å². The van der Waals surface area contributed by atoms with E-state index in [1.807, 2.05) is 7.05 Å².